The number of likely N-dealkylation sites (tertiary alicyclic amines) is 2. The minimum atomic E-state index is 0.844. The van der Waals surface area contributed by atoms with E-state index in [1.807, 2.05) is 11.3 Å². The van der Waals surface area contributed by atoms with E-state index < -0.39 is 0 Å². The molecular formula is C17H29N3S. The summed E-state index contributed by atoms with van der Waals surface area (Å²) in [5, 5.41) is 5.76. The highest BCUT2D eigenvalue weighted by atomic mass is 32.1. The van der Waals surface area contributed by atoms with Crippen LogP contribution in [0.5, 0.6) is 0 Å². The van der Waals surface area contributed by atoms with Crippen molar-refractivity contribution in [3.05, 3.63) is 22.4 Å². The van der Waals surface area contributed by atoms with Crippen molar-refractivity contribution in [1.82, 2.24) is 15.1 Å². The van der Waals surface area contributed by atoms with Crippen LogP contribution in [-0.2, 0) is 6.42 Å². The average molecular weight is 308 g/mol. The molecule has 1 aromatic rings. The third kappa shape index (κ3) is 4.78. The van der Waals surface area contributed by atoms with E-state index in [1.165, 1.54) is 69.7 Å². The summed E-state index contributed by atoms with van der Waals surface area (Å²) in [4.78, 5) is 6.89. The Labute approximate surface area is 133 Å². The number of hydrogen-bond donors (Lipinski definition) is 1. The zero-order chi connectivity index (χ0) is 14.3. The van der Waals surface area contributed by atoms with E-state index in [9.17, 15) is 0 Å². The molecule has 0 saturated carbocycles. The highest BCUT2D eigenvalue weighted by molar-refractivity contribution is 7.09. The van der Waals surface area contributed by atoms with Crippen LogP contribution in [0, 0.1) is 0 Å². The van der Waals surface area contributed by atoms with Gasteiger partial charge in [0.1, 0.15) is 0 Å². The maximum atomic E-state index is 3.60. The maximum Gasteiger partial charge on any atom is 0.0235 e. The molecule has 1 aromatic heterocycles. The first-order valence-electron chi connectivity index (χ1n) is 8.61. The average Bonchev–Trinajstić information content (AvgIpc) is 3.19. The molecule has 4 heteroatoms. The molecule has 0 spiro atoms. The molecule has 21 heavy (non-hydrogen) atoms. The van der Waals surface area contributed by atoms with Crippen molar-refractivity contribution >= 4 is 11.3 Å². The Balaban J connectivity index is 1.26. The fourth-order valence-electron chi connectivity index (χ4n) is 3.63. The second-order valence-electron chi connectivity index (χ2n) is 6.42. The van der Waals surface area contributed by atoms with E-state index in [0.29, 0.717) is 0 Å². The monoisotopic (exact) mass is 307 g/mol. The summed E-state index contributed by atoms with van der Waals surface area (Å²) >= 11 is 1.87. The van der Waals surface area contributed by atoms with Crippen LogP contribution in [0.4, 0.5) is 0 Å². The van der Waals surface area contributed by atoms with Crippen molar-refractivity contribution in [3.63, 3.8) is 0 Å². The molecule has 3 nitrogen and oxygen atoms in total. The predicted molar refractivity (Wildman–Crippen MR) is 91.2 cm³/mol. The van der Waals surface area contributed by atoms with Crippen LogP contribution in [0.15, 0.2) is 17.5 Å². The van der Waals surface area contributed by atoms with Gasteiger partial charge < -0.3 is 10.2 Å². The summed E-state index contributed by atoms with van der Waals surface area (Å²) in [7, 11) is 0. The van der Waals surface area contributed by atoms with Gasteiger partial charge in [-0.15, -0.1) is 11.3 Å². The molecule has 0 radical (unpaired) electrons. The number of thiophene rings is 1. The minimum Gasteiger partial charge on any atom is -0.315 e. The zero-order valence-corrected chi connectivity index (χ0v) is 13.9. The number of nitrogens with zero attached hydrogens (tertiary/aromatic N) is 2. The first kappa shape index (κ1) is 15.5. The second-order valence-corrected chi connectivity index (χ2v) is 7.45. The summed E-state index contributed by atoms with van der Waals surface area (Å²) in [6.07, 6.45) is 6.84. The summed E-state index contributed by atoms with van der Waals surface area (Å²) in [5.74, 6) is 0. The Hall–Kier alpha value is -0.420. The van der Waals surface area contributed by atoms with E-state index >= 15 is 0 Å². The Morgan fingerprint density at radius 3 is 2.86 bits per heavy atom. The first-order chi connectivity index (χ1) is 10.4. The van der Waals surface area contributed by atoms with Crippen molar-refractivity contribution in [2.24, 2.45) is 0 Å². The fraction of sp³-hybridized carbons (Fsp3) is 0.765. The van der Waals surface area contributed by atoms with E-state index in [0.717, 1.165) is 19.1 Å². The molecule has 3 heterocycles. The van der Waals surface area contributed by atoms with E-state index in [1.54, 1.807) is 0 Å². The van der Waals surface area contributed by atoms with Gasteiger partial charge in [0, 0.05) is 37.1 Å². The van der Waals surface area contributed by atoms with Crippen LogP contribution in [0.25, 0.3) is 0 Å². The smallest absolute Gasteiger partial charge is 0.0235 e. The van der Waals surface area contributed by atoms with Gasteiger partial charge >= 0.3 is 0 Å². The van der Waals surface area contributed by atoms with Gasteiger partial charge in [-0.3, -0.25) is 4.90 Å². The van der Waals surface area contributed by atoms with Crippen molar-refractivity contribution in [3.8, 4) is 0 Å². The molecule has 2 aliphatic heterocycles. The largest absolute Gasteiger partial charge is 0.315 e. The van der Waals surface area contributed by atoms with Gasteiger partial charge in [-0.2, -0.15) is 0 Å². The highest BCUT2D eigenvalue weighted by Gasteiger charge is 2.27. The van der Waals surface area contributed by atoms with Crippen LogP contribution in [0.1, 0.15) is 30.6 Å². The van der Waals surface area contributed by atoms with E-state index in [-0.39, 0.29) is 0 Å². The normalized spacial score (nSPS) is 24.7. The molecule has 0 amide bonds. The van der Waals surface area contributed by atoms with Gasteiger partial charge in [0.25, 0.3) is 0 Å². The minimum absolute atomic E-state index is 0.844. The van der Waals surface area contributed by atoms with Gasteiger partial charge in [0.15, 0.2) is 0 Å². The van der Waals surface area contributed by atoms with Gasteiger partial charge in [0.2, 0.25) is 0 Å². The number of piperidine rings is 1. The molecule has 0 bridgehead atoms. The van der Waals surface area contributed by atoms with Crippen LogP contribution < -0.4 is 5.32 Å². The van der Waals surface area contributed by atoms with Crippen molar-refractivity contribution in [2.75, 3.05) is 45.8 Å². The van der Waals surface area contributed by atoms with Gasteiger partial charge in [-0.05, 0) is 56.8 Å². The predicted octanol–water partition coefficient (Wildman–Crippen LogP) is 2.44. The third-order valence-corrected chi connectivity index (χ3v) is 5.82. The Kier molecular flexibility index (Phi) is 6.10. The Bertz CT molecular complexity index is 387. The third-order valence-electron chi connectivity index (χ3n) is 4.89. The van der Waals surface area contributed by atoms with Gasteiger partial charge in [-0.25, -0.2) is 0 Å². The lowest BCUT2D eigenvalue weighted by Crippen LogP contribution is -2.41. The van der Waals surface area contributed by atoms with E-state index in [4.69, 9.17) is 0 Å². The molecule has 2 aliphatic rings. The molecule has 3 rings (SSSR count). The van der Waals surface area contributed by atoms with Crippen LogP contribution >= 0.6 is 11.3 Å². The molecule has 1 N–H and O–H groups in total. The number of rotatable bonds is 7. The van der Waals surface area contributed by atoms with Crippen LogP contribution in [0.3, 0.4) is 0 Å². The lowest BCUT2D eigenvalue weighted by Gasteiger charge is -2.32. The molecule has 2 fully saturated rings. The molecule has 1 atom stereocenters. The lowest BCUT2D eigenvalue weighted by atomic mass is 10.1. The topological polar surface area (TPSA) is 18.5 Å². The Morgan fingerprint density at radius 2 is 2.05 bits per heavy atom. The van der Waals surface area contributed by atoms with Crippen molar-refractivity contribution in [2.45, 2.75) is 38.1 Å². The summed E-state index contributed by atoms with van der Waals surface area (Å²) in [6.45, 7) is 8.76. The van der Waals surface area contributed by atoms with E-state index in [2.05, 4.69) is 32.6 Å². The molecule has 1 unspecified atom stereocenters. The highest BCUT2D eigenvalue weighted by Crippen LogP contribution is 2.19. The van der Waals surface area contributed by atoms with Crippen molar-refractivity contribution in [1.29, 1.82) is 0 Å². The number of nitrogens with one attached hydrogen (secondary N) is 1. The molecule has 0 aromatic carbocycles. The molecule has 2 saturated heterocycles. The van der Waals surface area contributed by atoms with Gasteiger partial charge in [0.05, 0.1) is 0 Å². The second kappa shape index (κ2) is 8.28. The maximum absolute atomic E-state index is 3.60. The lowest BCUT2D eigenvalue weighted by molar-refractivity contribution is 0.162. The fourth-order valence-corrected chi connectivity index (χ4v) is 4.33. The summed E-state index contributed by atoms with van der Waals surface area (Å²) < 4.78 is 0. The van der Waals surface area contributed by atoms with Crippen molar-refractivity contribution < 1.29 is 0 Å². The standard InChI is InChI=1S/C17H29N3S/c1-2-10-20(11-3-1)16-7-12-19(15-16)13-9-18-8-6-17-5-4-14-21-17/h4-5,14,16,18H,1-3,6-13,15H2. The van der Waals surface area contributed by atoms with Crippen LogP contribution in [0.2, 0.25) is 0 Å². The SMILES string of the molecule is c1csc(CCNCCN2CCC(N3CCCCC3)C2)c1. The molecule has 118 valence electrons. The summed E-state index contributed by atoms with van der Waals surface area (Å²) in [5.41, 5.74) is 0. The molecule has 0 aliphatic carbocycles. The number of hydrogen-bond acceptors (Lipinski definition) is 4. The summed E-state index contributed by atoms with van der Waals surface area (Å²) in [6, 6.07) is 5.22. The van der Waals surface area contributed by atoms with Gasteiger partial charge in [-0.1, -0.05) is 12.5 Å². The molecular weight excluding hydrogens is 278 g/mol. The Morgan fingerprint density at radius 1 is 1.14 bits per heavy atom. The zero-order valence-electron chi connectivity index (χ0n) is 13.1. The first-order valence-corrected chi connectivity index (χ1v) is 9.49. The quantitative estimate of drug-likeness (QED) is 0.781. The van der Waals surface area contributed by atoms with Crippen LogP contribution in [-0.4, -0.2) is 61.7 Å².